The van der Waals surface area contributed by atoms with Gasteiger partial charge in [0.1, 0.15) is 5.82 Å². The number of benzene rings is 1. The van der Waals surface area contributed by atoms with Gasteiger partial charge in [-0.25, -0.2) is 4.39 Å². The van der Waals surface area contributed by atoms with Gasteiger partial charge in [-0.15, -0.1) is 0 Å². The fraction of sp³-hybridized carbons (Fsp3) is 0.500. The van der Waals surface area contributed by atoms with Gasteiger partial charge in [0.05, 0.1) is 18.8 Å². The van der Waals surface area contributed by atoms with Gasteiger partial charge in [0, 0.05) is 0 Å². The van der Waals surface area contributed by atoms with E-state index in [9.17, 15) is 4.39 Å². The van der Waals surface area contributed by atoms with Crippen molar-refractivity contribution in [3.63, 3.8) is 0 Å². The van der Waals surface area contributed by atoms with Crippen LogP contribution >= 0.6 is 0 Å². The van der Waals surface area contributed by atoms with Gasteiger partial charge in [-0.1, -0.05) is 6.07 Å². The molecule has 15 heavy (non-hydrogen) atoms. The van der Waals surface area contributed by atoms with Crippen molar-refractivity contribution in [2.24, 2.45) is 5.73 Å². The van der Waals surface area contributed by atoms with Crippen molar-refractivity contribution in [1.29, 1.82) is 0 Å². The molecule has 0 aromatic heterocycles. The van der Waals surface area contributed by atoms with Crippen LogP contribution in [0.1, 0.15) is 31.0 Å². The van der Waals surface area contributed by atoms with Crippen LogP contribution in [0.4, 0.5) is 4.39 Å². The molecule has 3 heteroatoms. The number of hydrogen-bond acceptors (Lipinski definition) is 2. The molecule has 1 rings (SSSR count). The van der Waals surface area contributed by atoms with Crippen LogP contribution in [-0.2, 0) is 4.74 Å². The normalized spacial score (nSPS) is 13.2. The Hall–Kier alpha value is -0.930. The molecule has 0 saturated carbocycles. The molecular formula is C12H18FNO. The molecule has 2 N–H and O–H groups in total. The van der Waals surface area contributed by atoms with Crippen molar-refractivity contribution in [2.45, 2.75) is 32.9 Å². The van der Waals surface area contributed by atoms with Crippen LogP contribution in [0.5, 0.6) is 0 Å². The van der Waals surface area contributed by atoms with E-state index in [-0.39, 0.29) is 18.0 Å². The van der Waals surface area contributed by atoms with Crippen molar-refractivity contribution >= 4 is 0 Å². The van der Waals surface area contributed by atoms with Gasteiger partial charge in [-0.3, -0.25) is 0 Å². The minimum Gasteiger partial charge on any atom is -0.377 e. The Morgan fingerprint density at radius 2 is 2.07 bits per heavy atom. The summed E-state index contributed by atoms with van der Waals surface area (Å²) in [6.07, 6.45) is 0.143. The molecular weight excluding hydrogens is 193 g/mol. The van der Waals surface area contributed by atoms with Crippen LogP contribution in [0, 0.1) is 12.7 Å². The highest BCUT2D eigenvalue weighted by Gasteiger charge is 2.10. The van der Waals surface area contributed by atoms with Crippen LogP contribution in [0.3, 0.4) is 0 Å². The largest absolute Gasteiger partial charge is 0.377 e. The number of halogens is 1. The number of nitrogens with two attached hydrogens (primary N) is 1. The van der Waals surface area contributed by atoms with E-state index in [1.807, 2.05) is 20.8 Å². The lowest BCUT2D eigenvalue weighted by Gasteiger charge is -2.16. The number of hydrogen-bond donors (Lipinski definition) is 1. The fourth-order valence-electron chi connectivity index (χ4n) is 1.40. The van der Waals surface area contributed by atoms with E-state index in [1.54, 1.807) is 6.07 Å². The number of aryl methyl sites for hydroxylation is 1. The summed E-state index contributed by atoms with van der Waals surface area (Å²) in [7, 11) is 0. The van der Waals surface area contributed by atoms with Crippen molar-refractivity contribution in [2.75, 3.05) is 6.61 Å². The van der Waals surface area contributed by atoms with Gasteiger partial charge in [0.2, 0.25) is 0 Å². The molecule has 0 aliphatic carbocycles. The SMILES string of the molecule is Cc1ccc(F)cc1C(N)COC(C)C. The molecule has 2 nitrogen and oxygen atoms in total. The van der Waals surface area contributed by atoms with E-state index < -0.39 is 0 Å². The third kappa shape index (κ3) is 3.61. The van der Waals surface area contributed by atoms with Gasteiger partial charge in [0.15, 0.2) is 0 Å². The summed E-state index contributed by atoms with van der Waals surface area (Å²) in [5, 5.41) is 0. The Labute approximate surface area is 90.2 Å². The van der Waals surface area contributed by atoms with Crippen molar-refractivity contribution in [3.05, 3.63) is 35.1 Å². The first kappa shape index (κ1) is 12.1. The Bertz CT molecular complexity index is 325. The maximum Gasteiger partial charge on any atom is 0.123 e. The smallest absolute Gasteiger partial charge is 0.123 e. The molecule has 0 bridgehead atoms. The molecule has 1 unspecified atom stereocenters. The molecule has 0 amide bonds. The molecule has 0 radical (unpaired) electrons. The Kier molecular flexibility index (Phi) is 4.24. The van der Waals surface area contributed by atoms with Gasteiger partial charge in [-0.05, 0) is 44.0 Å². The standard InChI is InChI=1S/C12H18FNO/c1-8(2)15-7-12(14)11-6-10(13)5-4-9(11)3/h4-6,8,12H,7,14H2,1-3H3. The monoisotopic (exact) mass is 211 g/mol. The molecule has 0 spiro atoms. The Morgan fingerprint density at radius 3 is 2.67 bits per heavy atom. The minimum absolute atomic E-state index is 0.143. The Morgan fingerprint density at radius 1 is 1.40 bits per heavy atom. The first-order valence-electron chi connectivity index (χ1n) is 5.14. The quantitative estimate of drug-likeness (QED) is 0.830. The molecule has 0 saturated heterocycles. The summed E-state index contributed by atoms with van der Waals surface area (Å²) >= 11 is 0. The van der Waals surface area contributed by atoms with Crippen LogP contribution in [-0.4, -0.2) is 12.7 Å². The van der Waals surface area contributed by atoms with Crippen LogP contribution in [0.15, 0.2) is 18.2 Å². The van der Waals surface area contributed by atoms with E-state index in [0.717, 1.165) is 11.1 Å². The highest BCUT2D eigenvalue weighted by Crippen LogP contribution is 2.17. The minimum atomic E-state index is -0.261. The summed E-state index contributed by atoms with van der Waals surface area (Å²) in [5.41, 5.74) is 7.73. The third-order valence-electron chi connectivity index (χ3n) is 2.25. The van der Waals surface area contributed by atoms with E-state index in [1.165, 1.54) is 12.1 Å². The van der Waals surface area contributed by atoms with E-state index in [2.05, 4.69) is 0 Å². The maximum absolute atomic E-state index is 13.0. The third-order valence-corrected chi connectivity index (χ3v) is 2.25. The average Bonchev–Trinajstić information content (AvgIpc) is 2.18. The van der Waals surface area contributed by atoms with Crippen LogP contribution in [0.25, 0.3) is 0 Å². The number of rotatable bonds is 4. The zero-order chi connectivity index (χ0) is 11.4. The Balaban J connectivity index is 2.72. The van der Waals surface area contributed by atoms with Crippen LogP contribution < -0.4 is 5.73 Å². The predicted molar refractivity (Wildman–Crippen MR) is 59.2 cm³/mol. The topological polar surface area (TPSA) is 35.2 Å². The van der Waals surface area contributed by atoms with Gasteiger partial charge in [0.25, 0.3) is 0 Å². The van der Waals surface area contributed by atoms with Gasteiger partial charge >= 0.3 is 0 Å². The predicted octanol–water partition coefficient (Wildman–Crippen LogP) is 2.56. The average molecular weight is 211 g/mol. The lowest BCUT2D eigenvalue weighted by Crippen LogP contribution is -2.20. The molecule has 84 valence electrons. The van der Waals surface area contributed by atoms with Crippen molar-refractivity contribution in [1.82, 2.24) is 0 Å². The molecule has 0 aliphatic heterocycles. The highest BCUT2D eigenvalue weighted by molar-refractivity contribution is 5.29. The summed E-state index contributed by atoms with van der Waals surface area (Å²) < 4.78 is 18.4. The van der Waals surface area contributed by atoms with Gasteiger partial charge in [-0.2, -0.15) is 0 Å². The second-order valence-corrected chi connectivity index (χ2v) is 3.99. The summed E-state index contributed by atoms with van der Waals surface area (Å²) in [5.74, 6) is -0.254. The second-order valence-electron chi connectivity index (χ2n) is 3.99. The first-order valence-corrected chi connectivity index (χ1v) is 5.14. The second kappa shape index (κ2) is 5.24. The first-order chi connectivity index (χ1) is 7.00. The summed E-state index contributed by atoms with van der Waals surface area (Å²) in [6, 6.07) is 4.39. The van der Waals surface area contributed by atoms with Crippen molar-refractivity contribution < 1.29 is 9.13 Å². The lowest BCUT2D eigenvalue weighted by molar-refractivity contribution is 0.0681. The summed E-state index contributed by atoms with van der Waals surface area (Å²) in [4.78, 5) is 0. The van der Waals surface area contributed by atoms with Crippen LogP contribution in [0.2, 0.25) is 0 Å². The molecule has 1 aromatic carbocycles. The molecule has 0 heterocycles. The maximum atomic E-state index is 13.0. The molecule has 1 atom stereocenters. The van der Waals surface area contributed by atoms with E-state index in [4.69, 9.17) is 10.5 Å². The van der Waals surface area contributed by atoms with Crippen molar-refractivity contribution in [3.8, 4) is 0 Å². The van der Waals surface area contributed by atoms with Gasteiger partial charge < -0.3 is 10.5 Å². The molecule has 0 aliphatic rings. The summed E-state index contributed by atoms with van der Waals surface area (Å²) in [6.45, 7) is 6.24. The van der Waals surface area contributed by atoms with E-state index >= 15 is 0 Å². The lowest BCUT2D eigenvalue weighted by atomic mass is 10.0. The zero-order valence-corrected chi connectivity index (χ0v) is 9.46. The zero-order valence-electron chi connectivity index (χ0n) is 9.46. The molecule has 1 aromatic rings. The van der Waals surface area contributed by atoms with E-state index in [0.29, 0.717) is 6.61 Å². The molecule has 0 fully saturated rings. The fourth-order valence-corrected chi connectivity index (χ4v) is 1.40. The number of ether oxygens (including phenoxy) is 1. The highest BCUT2D eigenvalue weighted by atomic mass is 19.1.